The highest BCUT2D eigenvalue weighted by molar-refractivity contribution is 8.18. The summed E-state index contributed by atoms with van der Waals surface area (Å²) in [6.07, 6.45) is 1.80. The highest BCUT2D eigenvalue weighted by Crippen LogP contribution is 2.33. The molecule has 1 fully saturated rings. The van der Waals surface area contributed by atoms with Gasteiger partial charge in [0.15, 0.2) is 5.17 Å². The zero-order valence-corrected chi connectivity index (χ0v) is 15.1. The second-order valence-electron chi connectivity index (χ2n) is 5.40. The highest BCUT2D eigenvalue weighted by Gasteiger charge is 2.30. The van der Waals surface area contributed by atoms with E-state index in [9.17, 15) is 4.79 Å². The third kappa shape index (κ3) is 3.18. The lowest BCUT2D eigenvalue weighted by molar-refractivity contribution is -0.121. The predicted octanol–water partition coefficient (Wildman–Crippen LogP) is 3.63. The average molecular weight is 367 g/mol. The summed E-state index contributed by atoms with van der Waals surface area (Å²) in [6, 6.07) is 11.8. The monoisotopic (exact) mass is 367 g/mol. The number of para-hydroxylation sites is 1. The number of aryl methyl sites for hydroxylation is 1. The number of hydrogen-bond donors (Lipinski definition) is 0. The molecule has 8 heteroatoms. The van der Waals surface area contributed by atoms with Crippen LogP contribution in [-0.2, 0) is 4.79 Å². The second-order valence-corrected chi connectivity index (χ2v) is 7.57. The quantitative estimate of drug-likeness (QED) is 0.647. The Balaban J connectivity index is 1.66. The Kier molecular flexibility index (Phi) is 4.06. The van der Waals surface area contributed by atoms with E-state index in [2.05, 4.69) is 20.2 Å². The minimum atomic E-state index is -0.0973. The molecule has 25 heavy (non-hydrogen) atoms. The lowest BCUT2D eigenvalue weighted by Crippen LogP contribution is -2.23. The van der Waals surface area contributed by atoms with Crippen molar-refractivity contribution >= 4 is 56.3 Å². The van der Waals surface area contributed by atoms with Gasteiger partial charge in [-0.25, -0.2) is 4.98 Å². The molecule has 0 unspecified atom stereocenters. The van der Waals surface area contributed by atoms with Gasteiger partial charge in [0, 0.05) is 12.4 Å². The number of nitrogens with zero attached hydrogens (tertiary/aromatic N) is 5. The van der Waals surface area contributed by atoms with Gasteiger partial charge >= 0.3 is 0 Å². The summed E-state index contributed by atoms with van der Waals surface area (Å²) in [5.74, 6) is -0.0973. The molecule has 0 atom stereocenters. The number of carbonyl (C=O) groups excluding carboxylic acids is 1. The summed E-state index contributed by atoms with van der Waals surface area (Å²) in [5.41, 5.74) is 1.65. The number of likely N-dealkylation sites (N-methyl/N-ethyl adjacent to an activating group) is 1. The first-order chi connectivity index (χ1) is 12.1. The molecule has 1 aromatic carbocycles. The van der Waals surface area contributed by atoms with Gasteiger partial charge in [-0.1, -0.05) is 35.6 Å². The fourth-order valence-corrected chi connectivity index (χ4v) is 3.93. The molecule has 0 N–H and O–H groups in total. The number of thioether (sulfide) groups is 1. The number of amides is 1. The largest absolute Gasteiger partial charge is 0.289 e. The maximum absolute atomic E-state index is 12.5. The Morgan fingerprint density at radius 3 is 2.80 bits per heavy atom. The number of aliphatic imine (C=N–C) groups is 1. The molecular formula is C17H13N5OS2. The van der Waals surface area contributed by atoms with Crippen LogP contribution in [0, 0.1) is 6.92 Å². The third-order valence-electron chi connectivity index (χ3n) is 3.61. The zero-order valence-electron chi connectivity index (χ0n) is 13.5. The van der Waals surface area contributed by atoms with Crippen molar-refractivity contribution < 1.29 is 4.79 Å². The summed E-state index contributed by atoms with van der Waals surface area (Å²) >= 11 is 2.71. The van der Waals surface area contributed by atoms with Gasteiger partial charge in [0.2, 0.25) is 5.13 Å². The molecule has 3 aromatic rings. The summed E-state index contributed by atoms with van der Waals surface area (Å²) in [6.45, 7) is 1.87. The van der Waals surface area contributed by atoms with Crippen molar-refractivity contribution in [2.45, 2.75) is 6.92 Å². The van der Waals surface area contributed by atoms with Gasteiger partial charge in [-0.3, -0.25) is 9.69 Å². The predicted molar refractivity (Wildman–Crippen MR) is 102 cm³/mol. The van der Waals surface area contributed by atoms with Crippen LogP contribution in [0.4, 0.5) is 5.13 Å². The number of amidine groups is 1. The molecule has 0 bridgehead atoms. The van der Waals surface area contributed by atoms with E-state index in [1.165, 1.54) is 28.0 Å². The highest BCUT2D eigenvalue weighted by atomic mass is 32.2. The molecule has 3 heterocycles. The number of carbonyl (C=O) groups is 1. The summed E-state index contributed by atoms with van der Waals surface area (Å²) in [5, 5.41) is 11.0. The van der Waals surface area contributed by atoms with Crippen LogP contribution in [0.2, 0.25) is 0 Å². The molecule has 0 spiro atoms. The first-order valence-corrected chi connectivity index (χ1v) is 9.16. The Morgan fingerprint density at radius 2 is 2.00 bits per heavy atom. The fourth-order valence-electron chi connectivity index (χ4n) is 2.36. The molecule has 1 saturated heterocycles. The van der Waals surface area contributed by atoms with Crippen molar-refractivity contribution in [1.29, 1.82) is 0 Å². The van der Waals surface area contributed by atoms with Gasteiger partial charge < -0.3 is 0 Å². The van der Waals surface area contributed by atoms with E-state index in [0.29, 0.717) is 15.2 Å². The lowest BCUT2D eigenvalue weighted by atomic mass is 10.2. The number of rotatable bonds is 2. The van der Waals surface area contributed by atoms with Crippen molar-refractivity contribution in [1.82, 2.24) is 20.1 Å². The first-order valence-electron chi connectivity index (χ1n) is 7.52. The summed E-state index contributed by atoms with van der Waals surface area (Å²) in [4.78, 5) is 23.6. The molecule has 1 aliphatic rings. The Bertz CT molecular complexity index is 1040. The van der Waals surface area contributed by atoms with Crippen molar-refractivity contribution in [2.24, 2.45) is 4.99 Å². The smallest absolute Gasteiger partial charge is 0.266 e. The van der Waals surface area contributed by atoms with Gasteiger partial charge in [0.1, 0.15) is 5.01 Å². The van der Waals surface area contributed by atoms with E-state index in [1.54, 1.807) is 13.1 Å². The second kappa shape index (κ2) is 6.38. The molecular weight excluding hydrogens is 354 g/mol. The standard InChI is InChI=1S/C17H13N5OS2/c1-10-20-21-16(24-10)19-17-22(2)15(23)14(25-17)9-12-8-7-11-5-3-4-6-13(11)18-12/h3-9H,1-2H3/b14-9+,19-17?. The van der Waals surface area contributed by atoms with Crippen LogP contribution in [0.1, 0.15) is 10.7 Å². The summed E-state index contributed by atoms with van der Waals surface area (Å²) < 4.78 is 0. The number of pyridine rings is 1. The van der Waals surface area contributed by atoms with Crippen molar-refractivity contribution in [3.8, 4) is 0 Å². The van der Waals surface area contributed by atoms with E-state index in [4.69, 9.17) is 0 Å². The number of benzene rings is 1. The zero-order chi connectivity index (χ0) is 17.4. The van der Waals surface area contributed by atoms with Gasteiger partial charge in [0.05, 0.1) is 16.1 Å². The Labute approximate surface area is 152 Å². The third-order valence-corrected chi connectivity index (χ3v) is 5.40. The maximum atomic E-state index is 12.5. The molecule has 1 aliphatic heterocycles. The van der Waals surface area contributed by atoms with E-state index < -0.39 is 0 Å². The van der Waals surface area contributed by atoms with E-state index in [0.717, 1.165) is 21.6 Å². The van der Waals surface area contributed by atoms with Gasteiger partial charge in [-0.05, 0) is 36.9 Å². The van der Waals surface area contributed by atoms with Crippen molar-refractivity contribution in [2.75, 3.05) is 7.05 Å². The summed E-state index contributed by atoms with van der Waals surface area (Å²) in [7, 11) is 1.71. The molecule has 0 aliphatic carbocycles. The molecule has 124 valence electrons. The van der Waals surface area contributed by atoms with E-state index in [1.807, 2.05) is 43.3 Å². The Morgan fingerprint density at radius 1 is 1.16 bits per heavy atom. The fraction of sp³-hybridized carbons (Fsp3) is 0.118. The minimum absolute atomic E-state index is 0.0973. The van der Waals surface area contributed by atoms with Crippen LogP contribution < -0.4 is 0 Å². The van der Waals surface area contributed by atoms with Crippen LogP contribution in [0.3, 0.4) is 0 Å². The van der Waals surface area contributed by atoms with Crippen molar-refractivity contribution in [3.63, 3.8) is 0 Å². The number of aromatic nitrogens is 3. The Hall–Kier alpha value is -2.58. The van der Waals surface area contributed by atoms with Gasteiger partial charge in [0.25, 0.3) is 5.91 Å². The van der Waals surface area contributed by atoms with Gasteiger partial charge in [-0.2, -0.15) is 4.99 Å². The number of fused-ring (bicyclic) bond motifs is 1. The molecule has 4 rings (SSSR count). The normalized spacial score (nSPS) is 18.0. The molecule has 1 amide bonds. The molecule has 2 aromatic heterocycles. The van der Waals surface area contributed by atoms with Crippen LogP contribution in [0.25, 0.3) is 17.0 Å². The molecule has 6 nitrogen and oxygen atoms in total. The van der Waals surface area contributed by atoms with Crippen LogP contribution >= 0.6 is 23.1 Å². The molecule has 0 saturated carbocycles. The minimum Gasteiger partial charge on any atom is -0.289 e. The van der Waals surface area contributed by atoms with Crippen LogP contribution in [0.5, 0.6) is 0 Å². The number of hydrogen-bond acceptors (Lipinski definition) is 7. The van der Waals surface area contributed by atoms with Gasteiger partial charge in [-0.15, -0.1) is 10.2 Å². The maximum Gasteiger partial charge on any atom is 0.266 e. The first kappa shape index (κ1) is 15.9. The SMILES string of the molecule is Cc1nnc(N=C2S/C(=C/c3ccc4ccccc4n3)C(=O)N2C)s1. The van der Waals surface area contributed by atoms with Crippen molar-refractivity contribution in [3.05, 3.63) is 52.0 Å². The average Bonchev–Trinajstić information content (AvgIpc) is 3.14. The lowest BCUT2D eigenvalue weighted by Gasteiger charge is -2.05. The van der Waals surface area contributed by atoms with E-state index >= 15 is 0 Å². The van der Waals surface area contributed by atoms with Crippen LogP contribution in [0.15, 0.2) is 46.3 Å². The van der Waals surface area contributed by atoms with Crippen LogP contribution in [-0.4, -0.2) is 38.2 Å². The molecule has 0 radical (unpaired) electrons. The topological polar surface area (TPSA) is 71.3 Å². The van der Waals surface area contributed by atoms with E-state index in [-0.39, 0.29) is 5.91 Å².